The van der Waals surface area contributed by atoms with Crippen LogP contribution in [0.2, 0.25) is 0 Å². The first-order chi connectivity index (χ1) is 12.6. The van der Waals surface area contributed by atoms with E-state index in [1.54, 1.807) is 38.5 Å². The zero-order valence-electron chi connectivity index (χ0n) is 14.3. The number of rotatable bonds is 6. The SMILES string of the molecule is COc1ccc(/C=C/C(=O)Nc2nnc(-c3csc(C)n3)o2)cc1OC. The summed E-state index contributed by atoms with van der Waals surface area (Å²) >= 11 is 1.48. The van der Waals surface area contributed by atoms with Crippen molar-refractivity contribution >= 4 is 29.3 Å². The molecule has 9 heteroatoms. The second-order valence-electron chi connectivity index (χ2n) is 5.10. The molecule has 26 heavy (non-hydrogen) atoms. The molecule has 0 unspecified atom stereocenters. The number of nitrogens with one attached hydrogen (secondary N) is 1. The molecule has 1 amide bonds. The number of hydrogen-bond donors (Lipinski definition) is 1. The van der Waals surface area contributed by atoms with Crippen LogP contribution in [0.3, 0.4) is 0 Å². The van der Waals surface area contributed by atoms with E-state index in [0.717, 1.165) is 10.6 Å². The van der Waals surface area contributed by atoms with Gasteiger partial charge in [0.05, 0.1) is 19.2 Å². The van der Waals surface area contributed by atoms with Crippen molar-refractivity contribution in [3.8, 4) is 23.1 Å². The number of methoxy groups -OCH3 is 2. The first-order valence-electron chi connectivity index (χ1n) is 7.56. The van der Waals surface area contributed by atoms with Gasteiger partial charge in [-0.15, -0.1) is 16.4 Å². The van der Waals surface area contributed by atoms with Crippen LogP contribution in [-0.2, 0) is 4.79 Å². The van der Waals surface area contributed by atoms with E-state index in [9.17, 15) is 4.79 Å². The molecule has 3 aromatic rings. The third-order valence-electron chi connectivity index (χ3n) is 3.33. The quantitative estimate of drug-likeness (QED) is 0.663. The molecule has 0 saturated heterocycles. The number of aryl methyl sites for hydroxylation is 1. The van der Waals surface area contributed by atoms with Crippen LogP contribution in [-0.4, -0.2) is 35.3 Å². The second-order valence-corrected chi connectivity index (χ2v) is 6.16. The van der Waals surface area contributed by atoms with Gasteiger partial charge in [-0.25, -0.2) is 4.98 Å². The van der Waals surface area contributed by atoms with Gasteiger partial charge in [0.15, 0.2) is 11.5 Å². The molecule has 134 valence electrons. The van der Waals surface area contributed by atoms with Gasteiger partial charge in [-0.2, -0.15) is 0 Å². The molecule has 1 aromatic carbocycles. The fourth-order valence-corrected chi connectivity index (χ4v) is 2.70. The van der Waals surface area contributed by atoms with Crippen LogP contribution in [0.1, 0.15) is 10.6 Å². The summed E-state index contributed by atoms with van der Waals surface area (Å²) in [6.07, 6.45) is 3.00. The van der Waals surface area contributed by atoms with E-state index in [2.05, 4.69) is 20.5 Å². The number of thiazole rings is 1. The molecule has 3 rings (SSSR count). The molecule has 2 aromatic heterocycles. The zero-order valence-corrected chi connectivity index (χ0v) is 15.2. The van der Waals surface area contributed by atoms with Crippen LogP contribution in [0.5, 0.6) is 11.5 Å². The molecule has 0 fully saturated rings. The van der Waals surface area contributed by atoms with Gasteiger partial charge >= 0.3 is 6.01 Å². The van der Waals surface area contributed by atoms with Crippen molar-refractivity contribution in [2.45, 2.75) is 6.92 Å². The molecule has 0 aliphatic carbocycles. The van der Waals surface area contributed by atoms with Crippen molar-refractivity contribution < 1.29 is 18.7 Å². The third-order valence-corrected chi connectivity index (χ3v) is 4.10. The standard InChI is InChI=1S/C17H16N4O4S/c1-10-18-12(9-26-10)16-20-21-17(25-16)19-15(22)7-5-11-4-6-13(23-2)14(8-11)24-3/h4-9H,1-3H3,(H,19,21,22)/b7-5+. The normalized spacial score (nSPS) is 10.9. The number of aromatic nitrogens is 3. The van der Waals surface area contributed by atoms with Gasteiger partial charge in [-0.05, 0) is 30.7 Å². The highest BCUT2D eigenvalue weighted by atomic mass is 32.1. The molecule has 0 spiro atoms. The average Bonchev–Trinajstić information content (AvgIpc) is 3.28. The Labute approximate surface area is 153 Å². The number of carbonyl (C=O) groups is 1. The lowest BCUT2D eigenvalue weighted by atomic mass is 10.2. The topological polar surface area (TPSA) is 99.4 Å². The summed E-state index contributed by atoms with van der Waals surface area (Å²) in [5.41, 5.74) is 1.36. The number of hydrogen-bond acceptors (Lipinski definition) is 8. The van der Waals surface area contributed by atoms with Crippen LogP contribution in [0, 0.1) is 6.92 Å². The summed E-state index contributed by atoms with van der Waals surface area (Å²) < 4.78 is 15.8. The van der Waals surface area contributed by atoms with Gasteiger partial charge < -0.3 is 13.9 Å². The van der Waals surface area contributed by atoms with Gasteiger partial charge in [0.25, 0.3) is 11.8 Å². The van der Waals surface area contributed by atoms with Crippen molar-refractivity contribution in [1.29, 1.82) is 0 Å². The molecule has 8 nitrogen and oxygen atoms in total. The number of ether oxygens (including phenoxy) is 2. The van der Waals surface area contributed by atoms with E-state index in [-0.39, 0.29) is 11.9 Å². The Morgan fingerprint density at radius 3 is 2.73 bits per heavy atom. The number of anilines is 1. The van der Waals surface area contributed by atoms with Crippen molar-refractivity contribution in [3.63, 3.8) is 0 Å². The summed E-state index contributed by atoms with van der Waals surface area (Å²) in [4.78, 5) is 16.3. The Morgan fingerprint density at radius 2 is 2.04 bits per heavy atom. The van der Waals surface area contributed by atoms with E-state index >= 15 is 0 Å². The summed E-state index contributed by atoms with van der Waals surface area (Å²) in [6, 6.07) is 5.34. The lowest BCUT2D eigenvalue weighted by Crippen LogP contribution is -2.07. The fourth-order valence-electron chi connectivity index (χ4n) is 2.11. The van der Waals surface area contributed by atoms with Crippen LogP contribution < -0.4 is 14.8 Å². The van der Waals surface area contributed by atoms with E-state index in [0.29, 0.717) is 17.2 Å². The first-order valence-corrected chi connectivity index (χ1v) is 8.44. The van der Waals surface area contributed by atoms with Crippen LogP contribution >= 0.6 is 11.3 Å². The number of benzene rings is 1. The highest BCUT2D eigenvalue weighted by molar-refractivity contribution is 7.09. The molecule has 0 aliphatic rings. The van der Waals surface area contributed by atoms with Gasteiger partial charge in [0.2, 0.25) is 0 Å². The molecular weight excluding hydrogens is 356 g/mol. The van der Waals surface area contributed by atoms with Gasteiger partial charge in [0, 0.05) is 11.5 Å². The maximum absolute atomic E-state index is 12.0. The van der Waals surface area contributed by atoms with Gasteiger partial charge in [0.1, 0.15) is 5.69 Å². The highest BCUT2D eigenvalue weighted by Crippen LogP contribution is 2.28. The Morgan fingerprint density at radius 1 is 1.23 bits per heavy atom. The second kappa shape index (κ2) is 7.79. The summed E-state index contributed by atoms with van der Waals surface area (Å²) in [7, 11) is 3.11. The Bertz CT molecular complexity index is 948. The molecular formula is C17H16N4O4S. The van der Waals surface area contributed by atoms with E-state index in [1.807, 2.05) is 12.3 Å². The van der Waals surface area contributed by atoms with Crippen molar-refractivity contribution in [1.82, 2.24) is 15.2 Å². The summed E-state index contributed by atoms with van der Waals surface area (Å²) in [5, 5.41) is 12.9. The molecule has 0 saturated carbocycles. The minimum Gasteiger partial charge on any atom is -0.493 e. The molecule has 2 heterocycles. The Hall–Kier alpha value is -3.20. The fraction of sp³-hybridized carbons (Fsp3) is 0.176. The predicted molar refractivity (Wildman–Crippen MR) is 97.4 cm³/mol. The van der Waals surface area contributed by atoms with Crippen molar-refractivity contribution in [2.75, 3.05) is 19.5 Å². The molecule has 0 bridgehead atoms. The zero-order chi connectivity index (χ0) is 18.5. The van der Waals surface area contributed by atoms with Crippen molar-refractivity contribution in [3.05, 3.63) is 40.2 Å². The molecule has 1 N–H and O–H groups in total. The average molecular weight is 372 g/mol. The van der Waals surface area contributed by atoms with E-state index in [4.69, 9.17) is 13.9 Å². The Kier molecular flexibility index (Phi) is 5.28. The Balaban J connectivity index is 1.65. The van der Waals surface area contributed by atoms with Crippen LogP contribution in [0.15, 0.2) is 34.1 Å². The maximum Gasteiger partial charge on any atom is 0.322 e. The minimum atomic E-state index is -0.399. The summed E-state index contributed by atoms with van der Waals surface area (Å²) in [5.74, 6) is 1.05. The van der Waals surface area contributed by atoms with E-state index in [1.165, 1.54) is 17.4 Å². The van der Waals surface area contributed by atoms with Gasteiger partial charge in [-0.3, -0.25) is 10.1 Å². The van der Waals surface area contributed by atoms with Crippen molar-refractivity contribution in [2.24, 2.45) is 0 Å². The number of nitrogens with zero attached hydrogens (tertiary/aromatic N) is 3. The summed E-state index contributed by atoms with van der Waals surface area (Å²) in [6.45, 7) is 1.88. The maximum atomic E-state index is 12.0. The highest BCUT2D eigenvalue weighted by Gasteiger charge is 2.12. The molecule has 0 radical (unpaired) electrons. The lowest BCUT2D eigenvalue weighted by Gasteiger charge is -2.07. The monoisotopic (exact) mass is 372 g/mol. The number of carbonyl (C=O) groups excluding carboxylic acids is 1. The van der Waals surface area contributed by atoms with E-state index < -0.39 is 5.91 Å². The van der Waals surface area contributed by atoms with Crippen LogP contribution in [0.25, 0.3) is 17.7 Å². The van der Waals surface area contributed by atoms with Gasteiger partial charge in [-0.1, -0.05) is 11.2 Å². The largest absolute Gasteiger partial charge is 0.493 e. The predicted octanol–water partition coefficient (Wildman–Crippen LogP) is 3.17. The minimum absolute atomic E-state index is 0.00705. The molecule has 0 aliphatic heterocycles. The third kappa shape index (κ3) is 4.06. The van der Waals surface area contributed by atoms with Crippen LogP contribution in [0.4, 0.5) is 6.01 Å². The first kappa shape index (κ1) is 17.6. The smallest absolute Gasteiger partial charge is 0.322 e. The lowest BCUT2D eigenvalue weighted by molar-refractivity contribution is -0.112. The number of amides is 1. The molecule has 0 atom stereocenters.